The monoisotopic (exact) mass is 592 g/mol. The number of nitrogens with zero attached hydrogens (tertiary/aromatic N) is 1. The lowest BCUT2D eigenvalue weighted by Crippen LogP contribution is -2.57. The molecule has 9 nitrogen and oxygen atoms in total. The van der Waals surface area contributed by atoms with Gasteiger partial charge in [-0.1, -0.05) is 32.0 Å². The molecule has 2 aliphatic rings. The molecule has 0 aliphatic carbocycles. The third-order valence-electron chi connectivity index (χ3n) is 7.85. The molecular formula is C29H38F2N4O5S. The van der Waals surface area contributed by atoms with Gasteiger partial charge in [0.1, 0.15) is 17.7 Å². The summed E-state index contributed by atoms with van der Waals surface area (Å²) in [7, 11) is -3.41. The Labute approximate surface area is 239 Å². The fourth-order valence-electron chi connectivity index (χ4n) is 5.86. The molecule has 41 heavy (non-hydrogen) atoms. The molecule has 4 N–H and O–H groups in total. The summed E-state index contributed by atoms with van der Waals surface area (Å²) in [5.41, 5.74) is 0.997. The van der Waals surface area contributed by atoms with Crippen molar-refractivity contribution < 1.29 is 31.9 Å². The van der Waals surface area contributed by atoms with Crippen LogP contribution in [0.5, 0.6) is 0 Å². The van der Waals surface area contributed by atoms with Gasteiger partial charge in [0, 0.05) is 42.3 Å². The number of carbonyl (C=O) groups excluding carboxylic acids is 1. The molecule has 2 heterocycles. The van der Waals surface area contributed by atoms with E-state index in [2.05, 4.69) is 16.0 Å². The van der Waals surface area contributed by atoms with E-state index in [9.17, 15) is 27.5 Å². The van der Waals surface area contributed by atoms with Crippen molar-refractivity contribution in [1.82, 2.24) is 14.9 Å². The maximum atomic E-state index is 15.1. The van der Waals surface area contributed by atoms with Crippen LogP contribution in [0.3, 0.4) is 0 Å². The van der Waals surface area contributed by atoms with Crippen LogP contribution in [0.25, 0.3) is 0 Å². The zero-order valence-electron chi connectivity index (χ0n) is 23.3. The number of carboxylic acid groups (broad SMARTS) is 1. The number of anilines is 1. The topological polar surface area (TPSA) is 128 Å². The summed E-state index contributed by atoms with van der Waals surface area (Å²) in [6, 6.07) is 8.35. The van der Waals surface area contributed by atoms with E-state index in [1.807, 2.05) is 13.8 Å². The number of hydrogen-bond donors (Lipinski definition) is 4. The smallest absolute Gasteiger partial charge is 0.405 e. The SMILES string of the molecule is CC(C)C[C@H](c1ccc(F)cc1)[C@H](NC(=O)O)C(=O)Nc1cccc(F)c1CCC1CN[C@@H]2CCCS(=O)(=O)N1C2. The average molecular weight is 593 g/mol. The van der Waals surface area contributed by atoms with Crippen molar-refractivity contribution in [2.24, 2.45) is 5.92 Å². The highest BCUT2D eigenvalue weighted by molar-refractivity contribution is 7.89. The normalized spacial score (nSPS) is 23.3. The van der Waals surface area contributed by atoms with Crippen molar-refractivity contribution in [3.63, 3.8) is 0 Å². The van der Waals surface area contributed by atoms with E-state index in [1.54, 1.807) is 6.07 Å². The predicted octanol–water partition coefficient (Wildman–Crippen LogP) is 4.07. The molecule has 224 valence electrons. The molecule has 12 heteroatoms. The van der Waals surface area contributed by atoms with Crippen LogP contribution < -0.4 is 16.0 Å². The summed E-state index contributed by atoms with van der Waals surface area (Å²) in [5.74, 6) is -2.12. The van der Waals surface area contributed by atoms with Crippen molar-refractivity contribution in [3.8, 4) is 0 Å². The second kappa shape index (κ2) is 13.3. The molecule has 5 atom stereocenters. The third kappa shape index (κ3) is 7.81. The quantitative estimate of drug-likeness (QED) is 0.330. The van der Waals surface area contributed by atoms with E-state index in [4.69, 9.17) is 0 Å². The Morgan fingerprint density at radius 2 is 1.88 bits per heavy atom. The molecule has 2 saturated heterocycles. The van der Waals surface area contributed by atoms with Gasteiger partial charge in [-0.2, -0.15) is 4.31 Å². The zero-order chi connectivity index (χ0) is 29.7. The fraction of sp³-hybridized carbons (Fsp3) is 0.517. The average Bonchev–Trinajstić information content (AvgIpc) is 3.02. The van der Waals surface area contributed by atoms with Gasteiger partial charge < -0.3 is 21.1 Å². The standard InChI is InChI=1S/C29H38F2N4O5S/c1-18(2)15-24(19-8-10-20(30)11-9-19)27(34-29(37)38)28(36)33-26-7-3-6-25(31)23(26)13-12-22-16-32-21-5-4-14-41(39,40)35(22)17-21/h3,6-11,18,21-22,24,27,32,34H,4-5,12-17H2,1-2H3,(H,33,36)(H,37,38)/t21-,22?,24-,27+/m1/s1. The number of rotatable bonds is 10. The molecule has 2 aromatic carbocycles. The molecule has 0 saturated carbocycles. The summed E-state index contributed by atoms with van der Waals surface area (Å²) in [5, 5.41) is 18.0. The van der Waals surface area contributed by atoms with Gasteiger partial charge >= 0.3 is 6.09 Å². The van der Waals surface area contributed by atoms with E-state index in [-0.39, 0.29) is 41.4 Å². The van der Waals surface area contributed by atoms with E-state index >= 15 is 4.39 Å². The first-order valence-corrected chi connectivity index (χ1v) is 15.6. The molecule has 2 aromatic rings. The minimum Gasteiger partial charge on any atom is -0.465 e. The first-order valence-electron chi connectivity index (χ1n) is 14.0. The highest BCUT2D eigenvalue weighted by Crippen LogP contribution is 2.30. The molecule has 2 amide bonds. The molecule has 0 spiro atoms. The molecular weight excluding hydrogens is 554 g/mol. The second-order valence-corrected chi connectivity index (χ2v) is 13.3. The van der Waals surface area contributed by atoms with E-state index in [0.29, 0.717) is 37.9 Å². The number of sulfonamides is 1. The molecule has 2 unspecified atom stereocenters. The maximum Gasteiger partial charge on any atom is 0.405 e. The fourth-order valence-corrected chi connectivity index (χ4v) is 7.67. The summed E-state index contributed by atoms with van der Waals surface area (Å²) in [4.78, 5) is 25.3. The van der Waals surface area contributed by atoms with Gasteiger partial charge in [0.05, 0.1) is 5.75 Å². The zero-order valence-corrected chi connectivity index (χ0v) is 24.1. The lowest BCUT2D eigenvalue weighted by molar-refractivity contribution is -0.118. The van der Waals surface area contributed by atoms with Crippen LogP contribution in [0, 0.1) is 17.6 Å². The Balaban J connectivity index is 1.57. The van der Waals surface area contributed by atoms with Crippen LogP contribution in [-0.2, 0) is 21.2 Å². The third-order valence-corrected chi connectivity index (χ3v) is 9.82. The van der Waals surface area contributed by atoms with Gasteiger partial charge in [-0.15, -0.1) is 0 Å². The highest BCUT2D eigenvalue weighted by atomic mass is 32.2. The van der Waals surface area contributed by atoms with E-state index in [1.165, 1.54) is 40.7 Å². The number of carbonyl (C=O) groups is 2. The summed E-state index contributed by atoms with van der Waals surface area (Å²) in [6.07, 6.45) is 0.907. The Hall–Kier alpha value is -3.09. The van der Waals surface area contributed by atoms with Crippen LogP contribution >= 0.6 is 0 Å². The van der Waals surface area contributed by atoms with Gasteiger partial charge in [-0.25, -0.2) is 22.0 Å². The Morgan fingerprint density at radius 3 is 2.56 bits per heavy atom. The van der Waals surface area contributed by atoms with Gasteiger partial charge in [0.15, 0.2) is 0 Å². The summed E-state index contributed by atoms with van der Waals surface area (Å²) >= 11 is 0. The van der Waals surface area contributed by atoms with E-state index in [0.717, 1.165) is 6.42 Å². The van der Waals surface area contributed by atoms with Crippen LogP contribution in [0.4, 0.5) is 19.3 Å². The molecule has 2 bridgehead atoms. The highest BCUT2D eigenvalue weighted by Gasteiger charge is 2.38. The van der Waals surface area contributed by atoms with Crippen LogP contribution in [0.1, 0.15) is 56.6 Å². The largest absolute Gasteiger partial charge is 0.465 e. The lowest BCUT2D eigenvalue weighted by atomic mass is 9.84. The summed E-state index contributed by atoms with van der Waals surface area (Å²) in [6.45, 7) is 4.71. The number of hydrogen-bond acceptors (Lipinski definition) is 5. The Kier molecular flexibility index (Phi) is 9.98. The van der Waals surface area contributed by atoms with Gasteiger partial charge in [0.25, 0.3) is 0 Å². The number of amides is 2. The molecule has 2 aliphatic heterocycles. The second-order valence-electron chi connectivity index (χ2n) is 11.3. The predicted molar refractivity (Wildman–Crippen MR) is 152 cm³/mol. The van der Waals surface area contributed by atoms with Crippen LogP contribution in [0.2, 0.25) is 0 Å². The van der Waals surface area contributed by atoms with Crippen LogP contribution in [0.15, 0.2) is 42.5 Å². The first-order chi connectivity index (χ1) is 19.4. The van der Waals surface area contributed by atoms with E-state index < -0.39 is 45.6 Å². The number of fused-ring (bicyclic) bond motifs is 2. The minimum absolute atomic E-state index is 0.0830. The number of nitrogens with one attached hydrogen (secondary N) is 3. The minimum atomic E-state index is -3.41. The van der Waals surface area contributed by atoms with Crippen molar-refractivity contribution >= 4 is 27.7 Å². The van der Waals surface area contributed by atoms with Crippen LogP contribution in [-0.4, -0.2) is 66.8 Å². The number of piperazine rings is 1. The molecule has 2 fully saturated rings. The Bertz CT molecular complexity index is 1340. The summed E-state index contributed by atoms with van der Waals surface area (Å²) < 4.78 is 56.0. The first kappa shape index (κ1) is 30.9. The van der Waals surface area contributed by atoms with Gasteiger partial charge in [-0.05, 0) is 67.9 Å². The lowest BCUT2D eigenvalue weighted by Gasteiger charge is -2.37. The molecule has 0 aromatic heterocycles. The maximum absolute atomic E-state index is 15.1. The van der Waals surface area contributed by atoms with Crippen molar-refractivity contribution in [3.05, 3.63) is 65.2 Å². The number of benzene rings is 2. The Morgan fingerprint density at radius 1 is 1.15 bits per heavy atom. The van der Waals surface area contributed by atoms with Crippen molar-refractivity contribution in [2.45, 2.75) is 70.0 Å². The van der Waals surface area contributed by atoms with Gasteiger partial charge in [0.2, 0.25) is 15.9 Å². The number of halogens is 2. The molecule has 0 radical (unpaired) electrons. The van der Waals surface area contributed by atoms with Gasteiger partial charge in [-0.3, -0.25) is 4.79 Å². The van der Waals surface area contributed by atoms with Crippen molar-refractivity contribution in [1.29, 1.82) is 0 Å². The molecule has 4 rings (SSSR count). The van der Waals surface area contributed by atoms with Crippen molar-refractivity contribution in [2.75, 3.05) is 24.2 Å².